The summed E-state index contributed by atoms with van der Waals surface area (Å²) in [6.07, 6.45) is 5.37. The second-order valence-corrected chi connectivity index (χ2v) is 7.63. The fourth-order valence-electron chi connectivity index (χ4n) is 3.02. The SMILES string of the molecule is CCCC(C)(CNC(C)(C)C)CN1CCCC1C. The van der Waals surface area contributed by atoms with Gasteiger partial charge in [0.05, 0.1) is 0 Å². The molecule has 0 bridgehead atoms. The van der Waals surface area contributed by atoms with Crippen molar-refractivity contribution < 1.29 is 0 Å². The van der Waals surface area contributed by atoms with Gasteiger partial charge in [0.1, 0.15) is 0 Å². The molecule has 18 heavy (non-hydrogen) atoms. The summed E-state index contributed by atoms with van der Waals surface area (Å²) in [7, 11) is 0. The Hall–Kier alpha value is -0.0800. The van der Waals surface area contributed by atoms with Gasteiger partial charge >= 0.3 is 0 Å². The summed E-state index contributed by atoms with van der Waals surface area (Å²) >= 11 is 0. The van der Waals surface area contributed by atoms with Crippen molar-refractivity contribution in [2.75, 3.05) is 19.6 Å². The highest BCUT2D eigenvalue weighted by molar-refractivity contribution is 4.87. The zero-order chi connectivity index (χ0) is 13.8. The molecule has 1 aliphatic heterocycles. The second kappa shape index (κ2) is 6.38. The minimum absolute atomic E-state index is 0.228. The molecule has 0 aliphatic carbocycles. The number of hydrogen-bond acceptors (Lipinski definition) is 2. The van der Waals surface area contributed by atoms with E-state index >= 15 is 0 Å². The van der Waals surface area contributed by atoms with Crippen molar-refractivity contribution in [3.63, 3.8) is 0 Å². The van der Waals surface area contributed by atoms with Crippen LogP contribution in [0.15, 0.2) is 0 Å². The quantitative estimate of drug-likeness (QED) is 0.778. The zero-order valence-corrected chi connectivity index (χ0v) is 13.5. The van der Waals surface area contributed by atoms with Crippen LogP contribution in [0.3, 0.4) is 0 Å². The molecule has 1 fully saturated rings. The summed E-state index contributed by atoms with van der Waals surface area (Å²) in [6, 6.07) is 0.788. The number of nitrogens with one attached hydrogen (secondary N) is 1. The molecule has 2 nitrogen and oxygen atoms in total. The van der Waals surface area contributed by atoms with Crippen molar-refractivity contribution in [2.24, 2.45) is 5.41 Å². The number of likely N-dealkylation sites (tertiary alicyclic amines) is 1. The monoisotopic (exact) mass is 254 g/mol. The highest BCUT2D eigenvalue weighted by Crippen LogP contribution is 2.28. The van der Waals surface area contributed by atoms with Crippen LogP contribution in [0, 0.1) is 5.41 Å². The molecule has 0 aromatic carbocycles. The number of hydrogen-bond donors (Lipinski definition) is 1. The van der Waals surface area contributed by atoms with E-state index in [1.807, 2.05) is 0 Å². The van der Waals surface area contributed by atoms with E-state index in [9.17, 15) is 0 Å². The van der Waals surface area contributed by atoms with Gasteiger partial charge in [-0.15, -0.1) is 0 Å². The molecule has 0 spiro atoms. The summed E-state index contributed by atoms with van der Waals surface area (Å²) in [5, 5.41) is 3.71. The maximum absolute atomic E-state index is 3.71. The maximum atomic E-state index is 3.71. The average molecular weight is 254 g/mol. The molecule has 0 aromatic rings. The van der Waals surface area contributed by atoms with Crippen molar-refractivity contribution in [3.8, 4) is 0 Å². The molecule has 0 amide bonds. The lowest BCUT2D eigenvalue weighted by Crippen LogP contribution is -2.48. The van der Waals surface area contributed by atoms with Gasteiger partial charge < -0.3 is 10.2 Å². The van der Waals surface area contributed by atoms with Gasteiger partial charge in [-0.1, -0.05) is 20.3 Å². The van der Waals surface area contributed by atoms with E-state index in [0.717, 1.165) is 12.6 Å². The predicted molar refractivity (Wildman–Crippen MR) is 81.0 cm³/mol. The first-order chi connectivity index (χ1) is 8.26. The molecule has 1 rings (SSSR count). The van der Waals surface area contributed by atoms with Crippen LogP contribution in [0.1, 0.15) is 67.2 Å². The summed E-state index contributed by atoms with van der Waals surface area (Å²) in [5.41, 5.74) is 0.645. The van der Waals surface area contributed by atoms with Gasteiger partial charge in [-0.2, -0.15) is 0 Å². The molecule has 2 atom stereocenters. The predicted octanol–water partition coefficient (Wildman–Crippen LogP) is 3.67. The average Bonchev–Trinajstić information content (AvgIpc) is 2.61. The summed E-state index contributed by atoms with van der Waals surface area (Å²) in [4.78, 5) is 2.69. The molecular weight excluding hydrogens is 220 g/mol. The van der Waals surface area contributed by atoms with Gasteiger partial charge in [-0.05, 0) is 58.9 Å². The summed E-state index contributed by atoms with van der Waals surface area (Å²) < 4.78 is 0. The molecule has 0 radical (unpaired) electrons. The van der Waals surface area contributed by atoms with Crippen LogP contribution in [0.4, 0.5) is 0 Å². The van der Waals surface area contributed by atoms with Crippen LogP contribution in [0.25, 0.3) is 0 Å². The van der Waals surface area contributed by atoms with E-state index in [4.69, 9.17) is 0 Å². The minimum Gasteiger partial charge on any atom is -0.311 e. The van der Waals surface area contributed by atoms with Crippen molar-refractivity contribution in [3.05, 3.63) is 0 Å². The Morgan fingerprint density at radius 3 is 2.33 bits per heavy atom. The first kappa shape index (κ1) is 16.0. The van der Waals surface area contributed by atoms with Crippen molar-refractivity contribution >= 4 is 0 Å². The van der Waals surface area contributed by atoms with Gasteiger partial charge in [0.2, 0.25) is 0 Å². The molecule has 1 saturated heterocycles. The fraction of sp³-hybridized carbons (Fsp3) is 1.00. The standard InChI is InChI=1S/C16H34N2/c1-7-10-16(6,12-17-15(3,4)5)13-18-11-8-9-14(18)2/h14,17H,7-13H2,1-6H3. The summed E-state index contributed by atoms with van der Waals surface area (Å²) in [6.45, 7) is 17.6. The molecular formula is C16H34N2. The van der Waals surface area contributed by atoms with Crippen LogP contribution < -0.4 is 5.32 Å². The van der Waals surface area contributed by atoms with Crippen LogP contribution >= 0.6 is 0 Å². The third kappa shape index (κ3) is 5.27. The van der Waals surface area contributed by atoms with Gasteiger partial charge in [0.15, 0.2) is 0 Å². The van der Waals surface area contributed by atoms with Gasteiger partial charge in [0, 0.05) is 24.7 Å². The van der Waals surface area contributed by atoms with Crippen LogP contribution in [0.2, 0.25) is 0 Å². The third-order valence-electron chi connectivity index (χ3n) is 4.17. The topological polar surface area (TPSA) is 15.3 Å². The lowest BCUT2D eigenvalue weighted by Gasteiger charge is -2.38. The Morgan fingerprint density at radius 2 is 1.89 bits per heavy atom. The zero-order valence-electron chi connectivity index (χ0n) is 13.5. The molecule has 2 heteroatoms. The lowest BCUT2D eigenvalue weighted by molar-refractivity contribution is 0.136. The van der Waals surface area contributed by atoms with Crippen molar-refractivity contribution in [2.45, 2.75) is 78.8 Å². The third-order valence-corrected chi connectivity index (χ3v) is 4.17. The fourth-order valence-corrected chi connectivity index (χ4v) is 3.02. The number of nitrogens with zero attached hydrogens (tertiary/aromatic N) is 1. The van der Waals surface area contributed by atoms with Gasteiger partial charge in [-0.3, -0.25) is 0 Å². The molecule has 0 saturated carbocycles. The molecule has 2 unspecified atom stereocenters. The Kier molecular flexibility index (Phi) is 5.67. The Bertz CT molecular complexity index is 244. The maximum Gasteiger partial charge on any atom is 0.00967 e. The summed E-state index contributed by atoms with van der Waals surface area (Å²) in [5.74, 6) is 0. The normalized spacial score (nSPS) is 25.3. The highest BCUT2D eigenvalue weighted by atomic mass is 15.2. The van der Waals surface area contributed by atoms with Gasteiger partial charge in [0.25, 0.3) is 0 Å². The largest absolute Gasteiger partial charge is 0.311 e. The van der Waals surface area contributed by atoms with Gasteiger partial charge in [-0.25, -0.2) is 0 Å². The first-order valence-corrected chi connectivity index (χ1v) is 7.75. The number of rotatable bonds is 6. The molecule has 1 aliphatic rings. The van der Waals surface area contributed by atoms with E-state index in [-0.39, 0.29) is 5.54 Å². The molecule has 1 N–H and O–H groups in total. The highest BCUT2D eigenvalue weighted by Gasteiger charge is 2.31. The van der Waals surface area contributed by atoms with Crippen LogP contribution in [-0.2, 0) is 0 Å². The molecule has 0 aromatic heterocycles. The molecule has 1 heterocycles. The van der Waals surface area contributed by atoms with Crippen LogP contribution in [-0.4, -0.2) is 36.1 Å². The lowest BCUT2D eigenvalue weighted by atomic mass is 9.84. The van der Waals surface area contributed by atoms with Crippen LogP contribution in [0.5, 0.6) is 0 Å². The second-order valence-electron chi connectivity index (χ2n) is 7.63. The molecule has 108 valence electrons. The van der Waals surface area contributed by atoms with E-state index in [1.54, 1.807) is 0 Å². The van der Waals surface area contributed by atoms with E-state index in [1.165, 1.54) is 38.8 Å². The van der Waals surface area contributed by atoms with Crippen molar-refractivity contribution in [1.82, 2.24) is 10.2 Å². The first-order valence-electron chi connectivity index (χ1n) is 7.75. The minimum atomic E-state index is 0.228. The van der Waals surface area contributed by atoms with E-state index in [0.29, 0.717) is 5.41 Å². The van der Waals surface area contributed by atoms with E-state index in [2.05, 4.69) is 51.8 Å². The Balaban J connectivity index is 2.55. The Labute approximate surface area is 115 Å². The van der Waals surface area contributed by atoms with E-state index < -0.39 is 0 Å². The smallest absolute Gasteiger partial charge is 0.00967 e. The Morgan fingerprint density at radius 1 is 1.22 bits per heavy atom. The van der Waals surface area contributed by atoms with Crippen molar-refractivity contribution in [1.29, 1.82) is 0 Å².